The fraction of sp³-hybridized carbons (Fsp3) is 0.0714. The summed E-state index contributed by atoms with van der Waals surface area (Å²) in [4.78, 5) is 11.9. The van der Waals surface area contributed by atoms with Crippen LogP contribution >= 0.6 is 35.0 Å². The van der Waals surface area contributed by atoms with Gasteiger partial charge in [0, 0.05) is 26.3 Å². The van der Waals surface area contributed by atoms with Crippen molar-refractivity contribution in [3.63, 3.8) is 0 Å². The van der Waals surface area contributed by atoms with Gasteiger partial charge >= 0.3 is 11.5 Å². The molecule has 2 amide bonds. The molecule has 0 aliphatic heterocycles. The highest BCUT2D eigenvalue weighted by atomic mass is 35.5. The minimum atomic E-state index is -4.35. The largest absolute Gasteiger partial charge is 0.446 e. The number of urea groups is 1. The van der Waals surface area contributed by atoms with Gasteiger partial charge in [-0.05, 0) is 54.2 Å². The lowest BCUT2D eigenvalue weighted by atomic mass is 10.3. The summed E-state index contributed by atoms with van der Waals surface area (Å²) in [5, 5.41) is 5.74. The van der Waals surface area contributed by atoms with Crippen molar-refractivity contribution in [3.8, 4) is 0 Å². The Morgan fingerprint density at radius 1 is 0.913 bits per heavy atom. The maximum Gasteiger partial charge on any atom is 0.446 e. The molecule has 2 aromatic carbocycles. The van der Waals surface area contributed by atoms with Gasteiger partial charge in [-0.3, -0.25) is 0 Å². The number of anilines is 2. The van der Waals surface area contributed by atoms with E-state index in [1.165, 1.54) is 42.5 Å². The highest BCUT2D eigenvalue weighted by Gasteiger charge is 2.29. The Labute approximate surface area is 144 Å². The summed E-state index contributed by atoms with van der Waals surface area (Å²) in [7, 11) is 0. The molecule has 9 heteroatoms. The second kappa shape index (κ2) is 7.33. The van der Waals surface area contributed by atoms with E-state index in [1.807, 2.05) is 0 Å². The van der Waals surface area contributed by atoms with Crippen LogP contribution in [0.15, 0.2) is 47.4 Å². The standard InChI is InChI=1S/C14H9Cl2F3N2OS/c15-8-5-9(16)7-11(6-8)21-13(22)20-10-1-3-12(4-2-10)23-14(17,18)19/h1-7H,(H2,20,21,22). The van der Waals surface area contributed by atoms with Crippen LogP contribution in [0.4, 0.5) is 29.3 Å². The lowest BCUT2D eigenvalue weighted by Gasteiger charge is -2.09. The Morgan fingerprint density at radius 2 is 1.43 bits per heavy atom. The van der Waals surface area contributed by atoms with Crippen LogP contribution in [0, 0.1) is 0 Å². The minimum absolute atomic E-state index is 0.0325. The zero-order valence-electron chi connectivity index (χ0n) is 11.2. The highest BCUT2D eigenvalue weighted by molar-refractivity contribution is 8.00. The average Bonchev–Trinajstić information content (AvgIpc) is 2.38. The molecular weight excluding hydrogens is 372 g/mol. The maximum atomic E-state index is 12.2. The van der Waals surface area contributed by atoms with Gasteiger partial charge in [-0.1, -0.05) is 23.2 Å². The SMILES string of the molecule is O=C(Nc1ccc(SC(F)(F)F)cc1)Nc1cc(Cl)cc(Cl)c1. The molecule has 0 aliphatic carbocycles. The van der Waals surface area contributed by atoms with Crippen LogP contribution in [0.1, 0.15) is 0 Å². The molecule has 122 valence electrons. The topological polar surface area (TPSA) is 41.1 Å². The van der Waals surface area contributed by atoms with Crippen LogP contribution in [0.5, 0.6) is 0 Å². The van der Waals surface area contributed by atoms with Crippen molar-refractivity contribution < 1.29 is 18.0 Å². The third-order valence-electron chi connectivity index (χ3n) is 2.47. The van der Waals surface area contributed by atoms with Gasteiger partial charge in [-0.2, -0.15) is 13.2 Å². The van der Waals surface area contributed by atoms with Gasteiger partial charge < -0.3 is 10.6 Å². The van der Waals surface area contributed by atoms with E-state index < -0.39 is 11.5 Å². The predicted molar refractivity (Wildman–Crippen MR) is 87.5 cm³/mol. The molecule has 23 heavy (non-hydrogen) atoms. The molecule has 2 aromatic rings. The van der Waals surface area contributed by atoms with Crippen molar-refractivity contribution >= 4 is 52.4 Å². The van der Waals surface area contributed by atoms with E-state index in [4.69, 9.17) is 23.2 Å². The van der Waals surface area contributed by atoms with Gasteiger partial charge in [0.25, 0.3) is 0 Å². The van der Waals surface area contributed by atoms with Crippen LogP contribution in [0.3, 0.4) is 0 Å². The Bertz CT molecular complexity index is 688. The maximum absolute atomic E-state index is 12.2. The number of amides is 2. The molecule has 2 rings (SSSR count). The van der Waals surface area contributed by atoms with Crippen LogP contribution in [0.2, 0.25) is 10.0 Å². The van der Waals surface area contributed by atoms with Crippen LogP contribution < -0.4 is 10.6 Å². The van der Waals surface area contributed by atoms with Crippen LogP contribution in [-0.4, -0.2) is 11.5 Å². The average molecular weight is 381 g/mol. The number of nitrogens with one attached hydrogen (secondary N) is 2. The predicted octanol–water partition coefficient (Wildman–Crippen LogP) is 6.25. The molecule has 2 N–H and O–H groups in total. The zero-order chi connectivity index (χ0) is 17.0. The molecular formula is C14H9Cl2F3N2OS. The fourth-order valence-corrected chi connectivity index (χ4v) is 2.72. The van der Waals surface area contributed by atoms with E-state index >= 15 is 0 Å². The zero-order valence-corrected chi connectivity index (χ0v) is 13.6. The smallest absolute Gasteiger partial charge is 0.308 e. The monoisotopic (exact) mass is 380 g/mol. The van der Waals surface area contributed by atoms with E-state index in [9.17, 15) is 18.0 Å². The molecule has 0 spiro atoms. The van der Waals surface area contributed by atoms with Crippen LogP contribution in [0.25, 0.3) is 0 Å². The van der Waals surface area contributed by atoms with Gasteiger partial charge in [0.1, 0.15) is 0 Å². The number of alkyl halides is 3. The summed E-state index contributed by atoms with van der Waals surface area (Å²) in [5.41, 5.74) is -3.61. The number of halogens is 5. The molecule has 0 heterocycles. The molecule has 0 saturated heterocycles. The fourth-order valence-electron chi connectivity index (χ4n) is 1.66. The first-order valence-electron chi connectivity index (χ1n) is 6.11. The molecule has 0 saturated carbocycles. The lowest BCUT2D eigenvalue weighted by Crippen LogP contribution is -2.19. The third kappa shape index (κ3) is 6.21. The number of rotatable bonds is 3. The van der Waals surface area contributed by atoms with Gasteiger partial charge in [0.15, 0.2) is 0 Å². The van der Waals surface area contributed by atoms with Gasteiger partial charge in [-0.25, -0.2) is 4.79 Å². The molecule has 0 aromatic heterocycles. The van der Waals surface area contributed by atoms with Crippen molar-refractivity contribution in [2.24, 2.45) is 0 Å². The van der Waals surface area contributed by atoms with Crippen LogP contribution in [-0.2, 0) is 0 Å². The van der Waals surface area contributed by atoms with E-state index in [2.05, 4.69) is 10.6 Å². The van der Waals surface area contributed by atoms with Crippen molar-refractivity contribution in [2.45, 2.75) is 10.4 Å². The highest BCUT2D eigenvalue weighted by Crippen LogP contribution is 2.37. The first-order chi connectivity index (χ1) is 10.7. The summed E-state index contributed by atoms with van der Waals surface area (Å²) in [6.45, 7) is 0. The first kappa shape index (κ1) is 17.8. The second-order valence-electron chi connectivity index (χ2n) is 4.31. The summed E-state index contributed by atoms with van der Waals surface area (Å²) in [6.07, 6.45) is 0. The van der Waals surface area contributed by atoms with E-state index in [-0.39, 0.29) is 16.7 Å². The van der Waals surface area contributed by atoms with Gasteiger partial charge in [0.2, 0.25) is 0 Å². The number of hydrogen-bond acceptors (Lipinski definition) is 2. The molecule has 0 atom stereocenters. The van der Waals surface area contributed by atoms with Crippen molar-refractivity contribution in [1.29, 1.82) is 0 Å². The number of carbonyl (C=O) groups is 1. The van der Waals surface area contributed by atoms with Crippen molar-refractivity contribution in [1.82, 2.24) is 0 Å². The van der Waals surface area contributed by atoms with Gasteiger partial charge in [-0.15, -0.1) is 0 Å². The van der Waals surface area contributed by atoms with Crippen molar-refractivity contribution in [2.75, 3.05) is 10.6 Å². The Hall–Kier alpha value is -1.57. The Kier molecular flexibility index (Phi) is 5.67. The summed E-state index contributed by atoms with van der Waals surface area (Å²) >= 11 is 11.4. The molecule has 0 unspecified atom stereocenters. The van der Waals surface area contributed by atoms with Gasteiger partial charge in [0.05, 0.1) is 0 Å². The molecule has 3 nitrogen and oxygen atoms in total. The Morgan fingerprint density at radius 3 is 1.96 bits per heavy atom. The number of carbonyl (C=O) groups excluding carboxylic acids is 1. The summed E-state index contributed by atoms with van der Waals surface area (Å²) < 4.78 is 36.7. The van der Waals surface area contributed by atoms with Crippen molar-refractivity contribution in [3.05, 3.63) is 52.5 Å². The lowest BCUT2D eigenvalue weighted by molar-refractivity contribution is -0.0328. The quantitative estimate of drug-likeness (QED) is 0.617. The second-order valence-corrected chi connectivity index (χ2v) is 6.32. The first-order valence-corrected chi connectivity index (χ1v) is 7.68. The molecule has 0 radical (unpaired) electrons. The minimum Gasteiger partial charge on any atom is -0.308 e. The number of hydrogen-bond donors (Lipinski definition) is 2. The van der Waals surface area contributed by atoms with E-state index in [0.717, 1.165) is 0 Å². The number of benzene rings is 2. The molecule has 0 aliphatic rings. The summed E-state index contributed by atoms with van der Waals surface area (Å²) in [5.74, 6) is 0. The molecule has 0 fully saturated rings. The normalized spacial score (nSPS) is 11.2. The van der Waals surface area contributed by atoms with E-state index in [0.29, 0.717) is 21.4 Å². The third-order valence-corrected chi connectivity index (χ3v) is 3.64. The Balaban J connectivity index is 1.97. The van der Waals surface area contributed by atoms with E-state index in [1.54, 1.807) is 0 Å². The number of thioether (sulfide) groups is 1. The molecule has 0 bridgehead atoms. The summed E-state index contributed by atoms with van der Waals surface area (Å²) in [6, 6.07) is 9.25.